The van der Waals surface area contributed by atoms with E-state index in [-0.39, 0.29) is 36.2 Å². The van der Waals surface area contributed by atoms with E-state index in [1.807, 2.05) is 19.9 Å². The lowest BCUT2D eigenvalue weighted by molar-refractivity contribution is -0.177. The minimum Gasteiger partial charge on any atom is -0.458 e. The Balaban J connectivity index is 1.76. The lowest BCUT2D eigenvalue weighted by Gasteiger charge is -2.56. The van der Waals surface area contributed by atoms with Crippen LogP contribution in [0.15, 0.2) is 35.5 Å². The number of fused-ring (bicyclic) bond motifs is 5. The van der Waals surface area contributed by atoms with Gasteiger partial charge in [0.1, 0.15) is 0 Å². The average molecular weight is 450 g/mol. The van der Waals surface area contributed by atoms with Gasteiger partial charge >= 0.3 is 12.1 Å². The number of hydrogen-bond donors (Lipinski definition) is 0. The molecule has 0 spiro atoms. The molecule has 174 valence electrons. The molecule has 0 amide bonds. The van der Waals surface area contributed by atoms with Crippen molar-refractivity contribution < 1.29 is 32.3 Å². The molecule has 0 aromatic rings. The van der Waals surface area contributed by atoms with Gasteiger partial charge < -0.3 is 4.74 Å². The molecule has 2 saturated carbocycles. The molecule has 3 unspecified atom stereocenters. The molecule has 0 aliphatic heterocycles. The fraction of sp³-hybridized carbons (Fsp3) is 0.640. The second-order valence-corrected chi connectivity index (χ2v) is 10.4. The van der Waals surface area contributed by atoms with Crippen molar-refractivity contribution in [3.8, 4) is 0 Å². The van der Waals surface area contributed by atoms with E-state index in [4.69, 9.17) is 4.74 Å². The van der Waals surface area contributed by atoms with Gasteiger partial charge in [0.05, 0.1) is 5.92 Å². The topological polar surface area (TPSA) is 60.4 Å². The number of carbonyl (C=O) groups excluding carboxylic acids is 3. The average Bonchev–Trinajstić information content (AvgIpc) is 2.97. The van der Waals surface area contributed by atoms with Crippen LogP contribution in [0.4, 0.5) is 13.2 Å². The maximum Gasteiger partial charge on any atom is 0.395 e. The molecule has 6 atom stereocenters. The van der Waals surface area contributed by atoms with Gasteiger partial charge in [0.25, 0.3) is 0 Å². The fourth-order valence-electron chi connectivity index (χ4n) is 6.95. The molecular formula is C25H29F3O4. The number of carbonyl (C=O) groups is 3. The molecule has 0 radical (unpaired) electrons. The highest BCUT2D eigenvalue weighted by Gasteiger charge is 2.65. The van der Waals surface area contributed by atoms with Crippen molar-refractivity contribution in [1.29, 1.82) is 0 Å². The summed E-state index contributed by atoms with van der Waals surface area (Å²) in [4.78, 5) is 36.3. The van der Waals surface area contributed by atoms with Crippen LogP contribution in [0.5, 0.6) is 0 Å². The van der Waals surface area contributed by atoms with E-state index in [1.165, 1.54) is 19.1 Å². The quantitative estimate of drug-likeness (QED) is 0.441. The molecule has 4 nitrogen and oxygen atoms in total. The molecule has 0 N–H and O–H groups in total. The third kappa shape index (κ3) is 3.14. The second-order valence-electron chi connectivity index (χ2n) is 10.4. The van der Waals surface area contributed by atoms with Crippen LogP contribution in [0.3, 0.4) is 0 Å². The van der Waals surface area contributed by atoms with Crippen LogP contribution in [0, 0.1) is 34.0 Å². The number of ether oxygens (including phenoxy) is 1. The van der Waals surface area contributed by atoms with Gasteiger partial charge in [0, 0.05) is 17.8 Å². The highest BCUT2D eigenvalue weighted by molar-refractivity contribution is 6.01. The summed E-state index contributed by atoms with van der Waals surface area (Å²) in [5.74, 6) is -3.22. The third-order valence-electron chi connectivity index (χ3n) is 9.03. The number of rotatable bonds is 3. The summed E-state index contributed by atoms with van der Waals surface area (Å²) < 4.78 is 47.5. The monoisotopic (exact) mass is 450 g/mol. The largest absolute Gasteiger partial charge is 0.458 e. The first kappa shape index (κ1) is 23.0. The van der Waals surface area contributed by atoms with Crippen LogP contribution in [0.25, 0.3) is 0 Å². The van der Waals surface area contributed by atoms with Gasteiger partial charge in [-0.15, -0.1) is 0 Å². The van der Waals surface area contributed by atoms with Crippen LogP contribution in [0.1, 0.15) is 53.4 Å². The SMILES string of the molecule is CC(=O)OCC(=O)[C@@]1(C)CCC2C3CC(C(F)(F)F)C4=CC(=O)C=C[C@]4(C)C3=CC[C@@]21C. The van der Waals surface area contributed by atoms with E-state index in [0.717, 1.165) is 5.57 Å². The molecule has 32 heavy (non-hydrogen) atoms. The first-order chi connectivity index (χ1) is 14.7. The summed E-state index contributed by atoms with van der Waals surface area (Å²) in [6.45, 7) is 6.59. The van der Waals surface area contributed by atoms with Gasteiger partial charge in [-0.1, -0.05) is 31.6 Å². The summed E-state index contributed by atoms with van der Waals surface area (Å²) in [7, 11) is 0. The van der Waals surface area contributed by atoms with E-state index in [9.17, 15) is 27.6 Å². The number of allylic oxidation sites excluding steroid dienone is 6. The molecule has 0 bridgehead atoms. The molecule has 4 aliphatic rings. The minimum atomic E-state index is -4.45. The molecule has 0 saturated heterocycles. The van der Waals surface area contributed by atoms with E-state index in [2.05, 4.69) is 0 Å². The van der Waals surface area contributed by atoms with E-state index in [0.29, 0.717) is 19.3 Å². The Labute approximate surface area is 186 Å². The molecule has 0 aromatic heterocycles. The van der Waals surface area contributed by atoms with Gasteiger partial charge in [0.2, 0.25) is 0 Å². The second kappa shape index (κ2) is 7.16. The summed E-state index contributed by atoms with van der Waals surface area (Å²) >= 11 is 0. The molecule has 2 fully saturated rings. The maximum atomic E-state index is 14.2. The van der Waals surface area contributed by atoms with E-state index >= 15 is 0 Å². The lowest BCUT2D eigenvalue weighted by Crippen LogP contribution is -2.52. The molecule has 0 heterocycles. The number of alkyl halides is 3. The van der Waals surface area contributed by atoms with Gasteiger partial charge in [-0.3, -0.25) is 14.4 Å². The van der Waals surface area contributed by atoms with Crippen molar-refractivity contribution in [2.24, 2.45) is 34.0 Å². The lowest BCUT2D eigenvalue weighted by atomic mass is 9.48. The molecule has 4 aliphatic carbocycles. The Bertz CT molecular complexity index is 974. The van der Waals surface area contributed by atoms with E-state index in [1.54, 1.807) is 13.0 Å². The number of hydrogen-bond acceptors (Lipinski definition) is 4. The number of Topliss-reactive ketones (excluding diaryl/α,β-unsaturated/α-hetero) is 1. The van der Waals surface area contributed by atoms with Crippen molar-refractivity contribution in [3.05, 3.63) is 35.5 Å². The Morgan fingerprint density at radius 3 is 2.50 bits per heavy atom. The Morgan fingerprint density at radius 2 is 1.88 bits per heavy atom. The van der Waals surface area contributed by atoms with Crippen molar-refractivity contribution in [3.63, 3.8) is 0 Å². The van der Waals surface area contributed by atoms with Crippen molar-refractivity contribution in [2.45, 2.75) is 59.6 Å². The predicted molar refractivity (Wildman–Crippen MR) is 111 cm³/mol. The normalized spacial score (nSPS) is 40.6. The van der Waals surface area contributed by atoms with Crippen LogP contribution in [-0.4, -0.2) is 30.3 Å². The molecule has 4 rings (SSSR count). The standard InChI is InChI=1S/C25H29F3O4/c1-14(29)32-13-21(31)24(4)10-7-18-16-12-20(25(26,27)28)19-11-15(30)5-8-22(19,2)17(16)6-9-23(18,24)3/h5-6,8,11,16,18,20H,7,9-10,12-13H2,1-4H3/t16?,18?,20?,22-,23+,24-/m1/s1. The van der Waals surface area contributed by atoms with Gasteiger partial charge in [-0.2, -0.15) is 13.2 Å². The number of esters is 1. The van der Waals surface area contributed by atoms with Gasteiger partial charge in [0.15, 0.2) is 18.2 Å². The number of ketones is 2. The summed E-state index contributed by atoms with van der Waals surface area (Å²) in [6.07, 6.45) is 3.39. The zero-order chi connectivity index (χ0) is 23.7. The van der Waals surface area contributed by atoms with Crippen LogP contribution in [0.2, 0.25) is 0 Å². The highest BCUT2D eigenvalue weighted by atomic mass is 19.4. The molecule has 0 aromatic carbocycles. The molecular weight excluding hydrogens is 421 g/mol. The maximum absolute atomic E-state index is 14.2. The summed E-state index contributed by atoms with van der Waals surface area (Å²) in [5.41, 5.74) is -1.18. The first-order valence-electron chi connectivity index (χ1n) is 11.1. The van der Waals surface area contributed by atoms with Gasteiger partial charge in [-0.05, 0) is 67.6 Å². The zero-order valence-electron chi connectivity index (χ0n) is 18.8. The number of halogens is 3. The van der Waals surface area contributed by atoms with Crippen molar-refractivity contribution in [2.75, 3.05) is 6.61 Å². The van der Waals surface area contributed by atoms with Gasteiger partial charge in [-0.25, -0.2) is 0 Å². The van der Waals surface area contributed by atoms with E-state index < -0.39 is 40.1 Å². The third-order valence-corrected chi connectivity index (χ3v) is 9.03. The van der Waals surface area contributed by atoms with Crippen molar-refractivity contribution >= 4 is 17.5 Å². The first-order valence-corrected chi connectivity index (χ1v) is 11.1. The molecule has 7 heteroatoms. The Kier molecular flexibility index (Phi) is 5.14. The Morgan fingerprint density at radius 1 is 1.19 bits per heavy atom. The van der Waals surface area contributed by atoms with Crippen LogP contribution >= 0.6 is 0 Å². The minimum absolute atomic E-state index is 0.0944. The summed E-state index contributed by atoms with van der Waals surface area (Å²) in [5, 5.41) is 0. The predicted octanol–water partition coefficient (Wildman–Crippen LogP) is 5.14. The fourth-order valence-corrected chi connectivity index (χ4v) is 6.95. The van der Waals surface area contributed by atoms with Crippen LogP contribution in [-0.2, 0) is 19.1 Å². The highest BCUT2D eigenvalue weighted by Crippen LogP contribution is 2.69. The zero-order valence-corrected chi connectivity index (χ0v) is 18.8. The smallest absolute Gasteiger partial charge is 0.395 e. The van der Waals surface area contributed by atoms with Crippen LogP contribution < -0.4 is 0 Å². The summed E-state index contributed by atoms with van der Waals surface area (Å²) in [6, 6.07) is 0. The Hall–Kier alpha value is -2.18. The van der Waals surface area contributed by atoms with Crippen molar-refractivity contribution in [1.82, 2.24) is 0 Å².